The van der Waals surface area contributed by atoms with E-state index >= 15 is 0 Å². The van der Waals surface area contributed by atoms with E-state index in [-0.39, 0.29) is 0 Å². The molecule has 0 spiro atoms. The highest BCUT2D eigenvalue weighted by atomic mass is 32.2. The Kier molecular flexibility index (Phi) is 4.76. The number of likely N-dealkylation sites (tertiary alicyclic amines) is 1. The third-order valence-corrected chi connectivity index (χ3v) is 5.92. The molecule has 1 aliphatic rings. The van der Waals surface area contributed by atoms with Crippen LogP contribution in [-0.2, 0) is 16.6 Å². The molecular weight excluding hydrogens is 324 g/mol. The van der Waals surface area contributed by atoms with Crippen molar-refractivity contribution in [2.75, 3.05) is 32.1 Å². The van der Waals surface area contributed by atoms with E-state index in [1.54, 1.807) is 0 Å². The van der Waals surface area contributed by atoms with Crippen molar-refractivity contribution in [1.82, 2.24) is 9.88 Å². The van der Waals surface area contributed by atoms with Crippen molar-refractivity contribution in [2.45, 2.75) is 24.6 Å². The van der Waals surface area contributed by atoms with Crippen molar-refractivity contribution >= 4 is 26.6 Å². The van der Waals surface area contributed by atoms with Gasteiger partial charge in [-0.25, -0.2) is 18.5 Å². The first-order valence-electron chi connectivity index (χ1n) is 8.14. The second-order valence-electron chi connectivity index (χ2n) is 6.64. The van der Waals surface area contributed by atoms with Crippen LogP contribution in [0, 0.1) is 0 Å². The highest BCUT2D eigenvalue weighted by Crippen LogP contribution is 2.27. The third-order valence-electron chi connectivity index (χ3n) is 4.60. The molecule has 1 atom stereocenters. The Morgan fingerprint density at radius 1 is 1.29 bits per heavy atom. The number of nitrogens with two attached hydrogens (primary N) is 1. The molecule has 1 aromatic carbocycles. The van der Waals surface area contributed by atoms with Crippen LogP contribution in [0.15, 0.2) is 30.5 Å². The summed E-state index contributed by atoms with van der Waals surface area (Å²) in [5, 5.41) is 7.14. The predicted molar refractivity (Wildman–Crippen MR) is 97.5 cm³/mol. The second-order valence-corrected chi connectivity index (χ2v) is 8.48. The second kappa shape index (κ2) is 6.66. The fourth-order valence-corrected chi connectivity index (χ4v) is 4.30. The first kappa shape index (κ1) is 17.1. The fraction of sp³-hybridized carbons (Fsp3) is 0.471. The maximum Gasteiger partial charge on any atom is 0.213 e. The van der Waals surface area contributed by atoms with E-state index in [9.17, 15) is 8.42 Å². The molecule has 24 heavy (non-hydrogen) atoms. The molecule has 1 aromatic heterocycles. The average molecular weight is 348 g/mol. The number of nitrogens with zero attached hydrogens (tertiary/aromatic N) is 3. The summed E-state index contributed by atoms with van der Waals surface area (Å²) in [4.78, 5) is 8.76. The van der Waals surface area contributed by atoms with Gasteiger partial charge >= 0.3 is 0 Å². The van der Waals surface area contributed by atoms with E-state index in [4.69, 9.17) is 5.14 Å². The molecule has 1 fully saturated rings. The Morgan fingerprint density at radius 3 is 2.67 bits per heavy atom. The number of piperidine rings is 1. The van der Waals surface area contributed by atoms with Crippen LogP contribution >= 0.6 is 0 Å². The van der Waals surface area contributed by atoms with Gasteiger partial charge in [0.1, 0.15) is 5.82 Å². The first-order chi connectivity index (χ1) is 11.4. The highest BCUT2D eigenvalue weighted by molar-refractivity contribution is 7.89. The Bertz CT molecular complexity index is 836. The van der Waals surface area contributed by atoms with Crippen molar-refractivity contribution in [1.29, 1.82) is 0 Å². The number of benzene rings is 1. The number of aromatic nitrogens is 1. The number of primary sulfonamides is 1. The quantitative estimate of drug-likeness (QED) is 0.907. The summed E-state index contributed by atoms with van der Waals surface area (Å²) < 4.78 is 23.3. The zero-order valence-corrected chi connectivity index (χ0v) is 15.0. The smallest absolute Gasteiger partial charge is 0.213 e. The van der Waals surface area contributed by atoms with E-state index in [0.717, 1.165) is 35.1 Å². The van der Waals surface area contributed by atoms with Gasteiger partial charge in [0, 0.05) is 38.8 Å². The molecule has 2 heterocycles. The van der Waals surface area contributed by atoms with Gasteiger partial charge in [-0.2, -0.15) is 0 Å². The Morgan fingerprint density at radius 2 is 2.00 bits per heavy atom. The molecule has 3 rings (SSSR count). The van der Waals surface area contributed by atoms with E-state index in [1.165, 1.54) is 0 Å². The molecule has 7 heteroatoms. The summed E-state index contributed by atoms with van der Waals surface area (Å²) in [6, 6.07) is 8.21. The lowest BCUT2D eigenvalue weighted by Gasteiger charge is -2.31. The van der Waals surface area contributed by atoms with Crippen LogP contribution in [0.5, 0.6) is 0 Å². The lowest BCUT2D eigenvalue weighted by atomic mass is 10.0. The SMILES string of the molecule is CN(C)c1ncc(CN2CCCC(S(N)(=O)=O)C2)c2ccccc12. The number of pyridine rings is 1. The fourth-order valence-electron chi connectivity index (χ4n) is 3.38. The minimum atomic E-state index is -3.48. The average Bonchev–Trinajstić information content (AvgIpc) is 2.54. The van der Waals surface area contributed by atoms with E-state index < -0.39 is 15.3 Å². The van der Waals surface area contributed by atoms with Crippen LogP contribution in [0.3, 0.4) is 0 Å². The van der Waals surface area contributed by atoms with Gasteiger partial charge in [0.05, 0.1) is 5.25 Å². The summed E-state index contributed by atoms with van der Waals surface area (Å²) in [6.07, 6.45) is 3.40. The Labute approximate surface area is 143 Å². The summed E-state index contributed by atoms with van der Waals surface area (Å²) in [5.74, 6) is 0.940. The number of fused-ring (bicyclic) bond motifs is 1. The van der Waals surface area contributed by atoms with Crippen LogP contribution < -0.4 is 10.0 Å². The normalized spacial score (nSPS) is 19.5. The number of anilines is 1. The van der Waals surface area contributed by atoms with Crippen molar-refractivity contribution in [3.8, 4) is 0 Å². The van der Waals surface area contributed by atoms with Gasteiger partial charge in [0.25, 0.3) is 0 Å². The van der Waals surface area contributed by atoms with Crippen molar-refractivity contribution in [3.05, 3.63) is 36.0 Å². The summed E-state index contributed by atoms with van der Waals surface area (Å²) in [5.41, 5.74) is 1.12. The molecule has 0 amide bonds. The van der Waals surface area contributed by atoms with Gasteiger partial charge in [-0.3, -0.25) is 4.90 Å². The van der Waals surface area contributed by atoms with E-state index in [2.05, 4.69) is 22.0 Å². The summed E-state index contributed by atoms with van der Waals surface area (Å²) >= 11 is 0. The maximum absolute atomic E-state index is 11.6. The number of rotatable bonds is 4. The molecule has 1 aliphatic heterocycles. The molecule has 130 valence electrons. The number of sulfonamides is 1. The van der Waals surface area contributed by atoms with Gasteiger partial charge in [0.2, 0.25) is 10.0 Å². The first-order valence-corrected chi connectivity index (χ1v) is 9.75. The topological polar surface area (TPSA) is 79.5 Å². The minimum absolute atomic E-state index is 0.466. The Balaban J connectivity index is 1.89. The molecule has 6 nitrogen and oxygen atoms in total. The van der Waals surface area contributed by atoms with Gasteiger partial charge in [0.15, 0.2) is 0 Å². The maximum atomic E-state index is 11.6. The molecule has 0 aliphatic carbocycles. The monoisotopic (exact) mass is 348 g/mol. The molecule has 1 unspecified atom stereocenters. The highest BCUT2D eigenvalue weighted by Gasteiger charge is 2.28. The van der Waals surface area contributed by atoms with Crippen LogP contribution in [-0.4, -0.2) is 50.7 Å². The minimum Gasteiger partial charge on any atom is -0.362 e. The van der Waals surface area contributed by atoms with Crippen LogP contribution in [0.1, 0.15) is 18.4 Å². The lowest BCUT2D eigenvalue weighted by molar-refractivity contribution is 0.223. The van der Waals surface area contributed by atoms with Crippen molar-refractivity contribution in [3.63, 3.8) is 0 Å². The van der Waals surface area contributed by atoms with E-state index in [0.29, 0.717) is 19.5 Å². The standard InChI is InChI=1S/C17H24N4O2S/c1-20(2)17-16-8-4-3-7-15(16)13(10-19-17)11-21-9-5-6-14(12-21)24(18,22)23/h3-4,7-8,10,14H,5-6,9,11-12H2,1-2H3,(H2,18,22,23). The van der Waals surface area contributed by atoms with Crippen molar-refractivity contribution in [2.24, 2.45) is 5.14 Å². The molecule has 2 aromatic rings. The number of hydrogen-bond acceptors (Lipinski definition) is 5. The molecule has 2 N–H and O–H groups in total. The van der Waals surface area contributed by atoms with Gasteiger partial charge in [-0.05, 0) is 30.3 Å². The van der Waals surface area contributed by atoms with Gasteiger partial charge in [-0.1, -0.05) is 24.3 Å². The van der Waals surface area contributed by atoms with Crippen LogP contribution in [0.2, 0.25) is 0 Å². The largest absolute Gasteiger partial charge is 0.362 e. The lowest BCUT2D eigenvalue weighted by Crippen LogP contribution is -2.44. The van der Waals surface area contributed by atoms with Crippen LogP contribution in [0.4, 0.5) is 5.82 Å². The predicted octanol–water partition coefficient (Wildman–Crippen LogP) is 1.55. The molecular formula is C17H24N4O2S. The molecule has 0 radical (unpaired) electrons. The van der Waals surface area contributed by atoms with Gasteiger partial charge in [-0.15, -0.1) is 0 Å². The zero-order chi connectivity index (χ0) is 17.3. The van der Waals surface area contributed by atoms with Crippen molar-refractivity contribution < 1.29 is 8.42 Å². The van der Waals surface area contributed by atoms with Crippen LogP contribution in [0.25, 0.3) is 10.8 Å². The summed E-state index contributed by atoms with van der Waals surface area (Å²) in [7, 11) is 0.488. The number of hydrogen-bond donors (Lipinski definition) is 1. The summed E-state index contributed by atoms with van der Waals surface area (Å²) in [6.45, 7) is 2.06. The molecule has 0 saturated carbocycles. The van der Waals surface area contributed by atoms with E-state index in [1.807, 2.05) is 37.3 Å². The zero-order valence-electron chi connectivity index (χ0n) is 14.1. The third kappa shape index (κ3) is 3.53. The van der Waals surface area contributed by atoms with Gasteiger partial charge < -0.3 is 4.90 Å². The molecule has 1 saturated heterocycles. The molecule has 0 bridgehead atoms. The Hall–Kier alpha value is -1.70.